The quantitative estimate of drug-likeness (QED) is 0.908. The van der Waals surface area contributed by atoms with Gasteiger partial charge in [-0.05, 0) is 25.3 Å². The van der Waals surface area contributed by atoms with E-state index in [0.717, 1.165) is 25.3 Å². The number of pyridine rings is 1. The van der Waals surface area contributed by atoms with Gasteiger partial charge in [-0.1, -0.05) is 0 Å². The van der Waals surface area contributed by atoms with Gasteiger partial charge in [0.05, 0.1) is 6.10 Å². The van der Waals surface area contributed by atoms with E-state index in [1.807, 2.05) is 0 Å². The highest BCUT2D eigenvalue weighted by molar-refractivity contribution is 5.88. The molecule has 2 rings (SSSR count). The lowest BCUT2D eigenvalue weighted by Gasteiger charge is -2.28. The summed E-state index contributed by atoms with van der Waals surface area (Å²) in [5.41, 5.74) is -0.427. The van der Waals surface area contributed by atoms with E-state index in [2.05, 4.69) is 4.98 Å². The number of carboxylic acid groups (broad SMARTS) is 1. The molecule has 1 saturated carbocycles. The Morgan fingerprint density at radius 3 is 2.89 bits per heavy atom. The number of methoxy groups -OCH3 is 1. The highest BCUT2D eigenvalue weighted by Gasteiger charge is 2.25. The Balaban J connectivity index is 2.10. The summed E-state index contributed by atoms with van der Waals surface area (Å²) in [5.74, 6) is -2.50. The first-order valence-electron chi connectivity index (χ1n) is 6.19. The lowest BCUT2D eigenvalue weighted by Crippen LogP contribution is -2.30. The number of ether oxygens (including phenoxy) is 2. The molecule has 19 heavy (non-hydrogen) atoms. The summed E-state index contributed by atoms with van der Waals surface area (Å²) in [6.07, 6.45) is 4.49. The van der Waals surface area contributed by atoms with Crippen LogP contribution < -0.4 is 4.74 Å². The third-order valence-electron chi connectivity index (χ3n) is 3.28. The van der Waals surface area contributed by atoms with E-state index in [4.69, 9.17) is 14.6 Å². The molecule has 2 atom stereocenters. The van der Waals surface area contributed by atoms with E-state index in [1.54, 1.807) is 7.11 Å². The number of aromatic carboxylic acids is 1. The molecule has 1 N–H and O–H groups in total. The van der Waals surface area contributed by atoms with Crippen molar-refractivity contribution in [2.45, 2.75) is 37.9 Å². The number of rotatable bonds is 4. The summed E-state index contributed by atoms with van der Waals surface area (Å²) in [6.45, 7) is 0. The van der Waals surface area contributed by atoms with Crippen LogP contribution in [0.25, 0.3) is 0 Å². The number of hydrogen-bond donors (Lipinski definition) is 1. The average molecular weight is 269 g/mol. The molecule has 104 valence electrons. The van der Waals surface area contributed by atoms with E-state index >= 15 is 0 Å². The molecule has 0 aliphatic heterocycles. The second-order valence-corrected chi connectivity index (χ2v) is 4.55. The third kappa shape index (κ3) is 3.20. The summed E-state index contributed by atoms with van der Waals surface area (Å²) in [5, 5.41) is 8.83. The highest BCUT2D eigenvalue weighted by Crippen LogP contribution is 2.26. The number of aromatic nitrogens is 1. The van der Waals surface area contributed by atoms with Gasteiger partial charge in [0.15, 0.2) is 5.82 Å². The lowest BCUT2D eigenvalue weighted by molar-refractivity contribution is 0.0179. The fraction of sp³-hybridized carbons (Fsp3) is 0.538. The van der Waals surface area contributed by atoms with Crippen LogP contribution in [0.4, 0.5) is 4.39 Å². The number of hydrogen-bond acceptors (Lipinski definition) is 4. The molecule has 2 unspecified atom stereocenters. The van der Waals surface area contributed by atoms with Crippen molar-refractivity contribution in [1.29, 1.82) is 0 Å². The first kappa shape index (κ1) is 13.7. The third-order valence-corrected chi connectivity index (χ3v) is 3.28. The number of carboxylic acids is 1. The van der Waals surface area contributed by atoms with Gasteiger partial charge in [-0.2, -0.15) is 0 Å². The van der Waals surface area contributed by atoms with Gasteiger partial charge < -0.3 is 14.6 Å². The van der Waals surface area contributed by atoms with Crippen LogP contribution in [0.15, 0.2) is 12.3 Å². The Bertz CT molecular complexity index is 466. The zero-order valence-corrected chi connectivity index (χ0v) is 10.6. The Morgan fingerprint density at radius 2 is 2.21 bits per heavy atom. The zero-order chi connectivity index (χ0) is 13.8. The summed E-state index contributed by atoms with van der Waals surface area (Å²) in [6, 6.07) is 1.11. The van der Waals surface area contributed by atoms with Gasteiger partial charge in [-0.3, -0.25) is 0 Å². The van der Waals surface area contributed by atoms with Gasteiger partial charge >= 0.3 is 5.97 Å². The molecule has 1 aromatic rings. The number of halogens is 1. The first-order valence-corrected chi connectivity index (χ1v) is 6.19. The van der Waals surface area contributed by atoms with Gasteiger partial charge in [0.2, 0.25) is 0 Å². The van der Waals surface area contributed by atoms with Crippen LogP contribution in [0.5, 0.6) is 5.88 Å². The maximum Gasteiger partial charge on any atom is 0.338 e. The molecule has 1 aliphatic carbocycles. The zero-order valence-electron chi connectivity index (χ0n) is 10.6. The van der Waals surface area contributed by atoms with Gasteiger partial charge in [0.1, 0.15) is 11.7 Å². The van der Waals surface area contributed by atoms with Crippen molar-refractivity contribution in [1.82, 2.24) is 4.98 Å². The molecule has 1 heterocycles. The maximum atomic E-state index is 13.9. The Hall–Kier alpha value is -1.69. The van der Waals surface area contributed by atoms with Crippen molar-refractivity contribution < 1.29 is 23.8 Å². The molecular weight excluding hydrogens is 253 g/mol. The molecule has 1 fully saturated rings. The summed E-state index contributed by atoms with van der Waals surface area (Å²) >= 11 is 0. The van der Waals surface area contributed by atoms with Crippen molar-refractivity contribution >= 4 is 5.97 Å². The molecule has 5 nitrogen and oxygen atoms in total. The summed E-state index contributed by atoms with van der Waals surface area (Å²) in [7, 11) is 1.64. The van der Waals surface area contributed by atoms with Gasteiger partial charge in [-0.25, -0.2) is 14.2 Å². The SMILES string of the molecule is COC1CCCC(Oc2nccc(C(=O)O)c2F)C1. The highest BCUT2D eigenvalue weighted by atomic mass is 19.1. The van der Waals surface area contributed by atoms with Crippen molar-refractivity contribution in [2.75, 3.05) is 7.11 Å². The predicted octanol–water partition coefficient (Wildman–Crippen LogP) is 2.26. The minimum absolute atomic E-state index is 0.101. The summed E-state index contributed by atoms with van der Waals surface area (Å²) < 4.78 is 24.6. The Kier molecular flexibility index (Phi) is 4.31. The van der Waals surface area contributed by atoms with Gasteiger partial charge in [0.25, 0.3) is 5.88 Å². The molecular formula is C13H16FNO4. The monoisotopic (exact) mass is 269 g/mol. The van der Waals surface area contributed by atoms with E-state index in [9.17, 15) is 9.18 Å². The van der Waals surface area contributed by atoms with Crippen LogP contribution in [-0.2, 0) is 4.74 Å². The summed E-state index contributed by atoms with van der Waals surface area (Å²) in [4.78, 5) is 14.6. The smallest absolute Gasteiger partial charge is 0.338 e. The molecule has 1 aliphatic rings. The molecule has 6 heteroatoms. The number of nitrogens with zero attached hydrogens (tertiary/aromatic N) is 1. The number of carbonyl (C=O) groups is 1. The second-order valence-electron chi connectivity index (χ2n) is 4.55. The molecule has 0 aromatic carbocycles. The van der Waals surface area contributed by atoms with E-state index in [-0.39, 0.29) is 18.1 Å². The average Bonchev–Trinajstić information content (AvgIpc) is 2.41. The van der Waals surface area contributed by atoms with Crippen LogP contribution in [0.2, 0.25) is 0 Å². The standard InChI is InChI=1S/C13H16FNO4/c1-18-8-3-2-4-9(7-8)19-12-11(14)10(13(16)17)5-6-15-12/h5-6,8-9H,2-4,7H2,1H3,(H,16,17). The topological polar surface area (TPSA) is 68.7 Å². The van der Waals surface area contributed by atoms with Crippen molar-refractivity contribution in [3.8, 4) is 5.88 Å². The molecule has 0 saturated heterocycles. The first-order chi connectivity index (χ1) is 9.11. The molecule has 0 spiro atoms. The fourth-order valence-corrected chi connectivity index (χ4v) is 2.25. The van der Waals surface area contributed by atoms with Gasteiger partial charge in [-0.15, -0.1) is 0 Å². The Morgan fingerprint density at radius 1 is 1.47 bits per heavy atom. The predicted molar refractivity (Wildman–Crippen MR) is 64.8 cm³/mol. The maximum absolute atomic E-state index is 13.9. The van der Waals surface area contributed by atoms with Crippen LogP contribution >= 0.6 is 0 Å². The molecule has 1 aromatic heterocycles. The van der Waals surface area contributed by atoms with Crippen molar-refractivity contribution in [2.24, 2.45) is 0 Å². The fourth-order valence-electron chi connectivity index (χ4n) is 2.25. The molecule has 0 radical (unpaired) electrons. The van der Waals surface area contributed by atoms with Crippen molar-refractivity contribution in [3.63, 3.8) is 0 Å². The van der Waals surface area contributed by atoms with Crippen LogP contribution in [-0.4, -0.2) is 35.4 Å². The normalized spacial score (nSPS) is 23.1. The molecule has 0 bridgehead atoms. The largest absolute Gasteiger partial charge is 0.478 e. The van der Waals surface area contributed by atoms with Crippen molar-refractivity contribution in [3.05, 3.63) is 23.6 Å². The lowest BCUT2D eigenvalue weighted by atomic mass is 9.95. The van der Waals surface area contributed by atoms with Crippen LogP contribution in [0.3, 0.4) is 0 Å². The second kappa shape index (κ2) is 5.97. The van der Waals surface area contributed by atoms with E-state index in [0.29, 0.717) is 6.42 Å². The van der Waals surface area contributed by atoms with E-state index < -0.39 is 17.3 Å². The van der Waals surface area contributed by atoms with Crippen LogP contribution in [0.1, 0.15) is 36.0 Å². The minimum atomic E-state index is -1.33. The molecule has 0 amide bonds. The Labute approximate surface area is 110 Å². The van der Waals surface area contributed by atoms with Gasteiger partial charge in [0, 0.05) is 19.7 Å². The minimum Gasteiger partial charge on any atom is -0.478 e. The van der Waals surface area contributed by atoms with Crippen LogP contribution in [0, 0.1) is 5.82 Å². The van der Waals surface area contributed by atoms with E-state index in [1.165, 1.54) is 6.20 Å².